The Kier molecular flexibility index (Phi) is 3.57. The Balaban J connectivity index is 1.68. The van der Waals surface area contributed by atoms with Gasteiger partial charge >= 0.3 is 0 Å². The van der Waals surface area contributed by atoms with Crippen LogP contribution in [-0.4, -0.2) is 46.1 Å². The minimum atomic E-state index is 0.645. The summed E-state index contributed by atoms with van der Waals surface area (Å²) in [5, 5.41) is 2.20. The molecular formula is C17H24N4S. The van der Waals surface area contributed by atoms with E-state index in [1.54, 1.807) is 17.7 Å². The molecule has 22 heavy (non-hydrogen) atoms. The molecule has 0 aliphatic carbocycles. The first-order chi connectivity index (χ1) is 10.6. The maximum atomic E-state index is 4.65. The van der Waals surface area contributed by atoms with Gasteiger partial charge in [-0.05, 0) is 51.0 Å². The lowest BCUT2D eigenvalue weighted by Crippen LogP contribution is -2.43. The highest BCUT2D eigenvalue weighted by molar-refractivity contribution is 7.18. The predicted octanol–water partition coefficient (Wildman–Crippen LogP) is 3.45. The standard InChI is InChI=1S/C17H24N4S/c1-11(2)21-13-4-5-14(21)8-20(7-6-13)17-16-15(18-10-19-17)12(3)9-22-16/h9-11,13-14H,4-8H2,1-3H3/t13-,14+/m1/s1. The maximum Gasteiger partial charge on any atom is 0.150 e. The first kappa shape index (κ1) is 14.4. The van der Waals surface area contributed by atoms with Crippen molar-refractivity contribution in [3.8, 4) is 0 Å². The van der Waals surface area contributed by atoms with Gasteiger partial charge in [-0.25, -0.2) is 9.97 Å². The fraction of sp³-hybridized carbons (Fsp3) is 0.647. The van der Waals surface area contributed by atoms with Crippen LogP contribution in [0.4, 0.5) is 5.82 Å². The van der Waals surface area contributed by atoms with Crippen molar-refractivity contribution in [1.82, 2.24) is 14.9 Å². The molecule has 0 unspecified atom stereocenters. The molecule has 4 heterocycles. The van der Waals surface area contributed by atoms with Crippen molar-refractivity contribution in [3.63, 3.8) is 0 Å². The van der Waals surface area contributed by atoms with Crippen LogP contribution in [0.5, 0.6) is 0 Å². The quantitative estimate of drug-likeness (QED) is 0.849. The monoisotopic (exact) mass is 316 g/mol. The number of hydrogen-bond acceptors (Lipinski definition) is 5. The van der Waals surface area contributed by atoms with Gasteiger partial charge in [-0.15, -0.1) is 11.3 Å². The molecule has 4 rings (SSSR count). The van der Waals surface area contributed by atoms with E-state index in [2.05, 4.69) is 45.9 Å². The Hall–Kier alpha value is -1.20. The summed E-state index contributed by atoms with van der Waals surface area (Å²) in [6.07, 6.45) is 5.69. The molecule has 2 aromatic rings. The average Bonchev–Trinajstić information content (AvgIpc) is 2.99. The first-order valence-electron chi connectivity index (χ1n) is 8.36. The van der Waals surface area contributed by atoms with Crippen molar-refractivity contribution in [2.24, 2.45) is 0 Å². The summed E-state index contributed by atoms with van der Waals surface area (Å²) in [6.45, 7) is 9.05. The molecule has 2 aliphatic heterocycles. The maximum absolute atomic E-state index is 4.65. The third-order valence-electron chi connectivity index (χ3n) is 5.25. The lowest BCUT2D eigenvalue weighted by Gasteiger charge is -2.32. The van der Waals surface area contributed by atoms with Gasteiger partial charge in [0.25, 0.3) is 0 Å². The molecule has 118 valence electrons. The number of aromatic nitrogens is 2. The minimum absolute atomic E-state index is 0.645. The molecule has 2 fully saturated rings. The summed E-state index contributed by atoms with van der Waals surface area (Å²) in [4.78, 5) is 14.4. The van der Waals surface area contributed by atoms with Gasteiger partial charge in [-0.3, -0.25) is 4.90 Å². The lowest BCUT2D eigenvalue weighted by atomic mass is 10.1. The SMILES string of the molecule is Cc1csc2c(N3CC[C@H]4CC[C@@H](C3)N4C(C)C)ncnc12. The van der Waals surface area contributed by atoms with Gasteiger partial charge in [0.15, 0.2) is 0 Å². The second-order valence-electron chi connectivity index (χ2n) is 6.95. The fourth-order valence-electron chi connectivity index (χ4n) is 4.33. The molecule has 0 aromatic carbocycles. The zero-order valence-corrected chi connectivity index (χ0v) is 14.4. The van der Waals surface area contributed by atoms with Gasteiger partial charge < -0.3 is 4.90 Å². The number of rotatable bonds is 2. The molecule has 0 N–H and O–H groups in total. The Bertz CT molecular complexity index is 680. The van der Waals surface area contributed by atoms with Crippen molar-refractivity contribution in [1.29, 1.82) is 0 Å². The van der Waals surface area contributed by atoms with E-state index >= 15 is 0 Å². The smallest absolute Gasteiger partial charge is 0.150 e. The average molecular weight is 316 g/mol. The molecule has 0 radical (unpaired) electrons. The predicted molar refractivity (Wildman–Crippen MR) is 92.8 cm³/mol. The van der Waals surface area contributed by atoms with Gasteiger partial charge in [0.1, 0.15) is 12.1 Å². The van der Waals surface area contributed by atoms with Crippen LogP contribution >= 0.6 is 11.3 Å². The Labute approximate surface area is 136 Å². The van der Waals surface area contributed by atoms with Crippen molar-refractivity contribution in [2.45, 2.75) is 58.2 Å². The van der Waals surface area contributed by atoms with E-state index in [9.17, 15) is 0 Å². The third-order valence-corrected chi connectivity index (χ3v) is 6.33. The highest BCUT2D eigenvalue weighted by atomic mass is 32.1. The van der Waals surface area contributed by atoms with Crippen molar-refractivity contribution in [2.75, 3.05) is 18.0 Å². The molecule has 2 aromatic heterocycles. The van der Waals surface area contributed by atoms with E-state index in [0.29, 0.717) is 12.1 Å². The molecule has 2 aliphatic rings. The molecule has 2 atom stereocenters. The Morgan fingerprint density at radius 2 is 2.00 bits per heavy atom. The van der Waals surface area contributed by atoms with E-state index in [4.69, 9.17) is 0 Å². The summed E-state index contributed by atoms with van der Waals surface area (Å²) >= 11 is 1.79. The fourth-order valence-corrected chi connectivity index (χ4v) is 5.35. The van der Waals surface area contributed by atoms with Crippen LogP contribution in [0.15, 0.2) is 11.7 Å². The third kappa shape index (κ3) is 2.22. The van der Waals surface area contributed by atoms with E-state index < -0.39 is 0 Å². The summed E-state index contributed by atoms with van der Waals surface area (Å²) in [5.41, 5.74) is 2.40. The molecule has 0 saturated carbocycles. The van der Waals surface area contributed by atoms with Gasteiger partial charge in [0.05, 0.1) is 10.2 Å². The normalized spacial score (nSPS) is 26.1. The number of nitrogens with zero attached hydrogens (tertiary/aromatic N) is 4. The zero-order valence-electron chi connectivity index (χ0n) is 13.6. The lowest BCUT2D eigenvalue weighted by molar-refractivity contribution is 0.158. The summed E-state index contributed by atoms with van der Waals surface area (Å²) in [6, 6.07) is 2.09. The van der Waals surface area contributed by atoms with Crippen LogP contribution in [0.1, 0.15) is 38.7 Å². The summed E-state index contributed by atoms with van der Waals surface area (Å²) < 4.78 is 1.26. The molecular weight excluding hydrogens is 292 g/mol. The first-order valence-corrected chi connectivity index (χ1v) is 9.24. The van der Waals surface area contributed by atoms with E-state index in [-0.39, 0.29) is 0 Å². The highest BCUT2D eigenvalue weighted by Gasteiger charge is 2.39. The van der Waals surface area contributed by atoms with Gasteiger partial charge in [-0.1, -0.05) is 0 Å². The topological polar surface area (TPSA) is 32.3 Å². The van der Waals surface area contributed by atoms with Crippen LogP contribution in [0.2, 0.25) is 0 Å². The largest absolute Gasteiger partial charge is 0.354 e. The highest BCUT2D eigenvalue weighted by Crippen LogP contribution is 2.36. The molecule has 0 spiro atoms. The number of aryl methyl sites for hydroxylation is 1. The molecule has 2 saturated heterocycles. The van der Waals surface area contributed by atoms with Crippen molar-refractivity contribution >= 4 is 27.4 Å². The number of hydrogen-bond donors (Lipinski definition) is 0. The zero-order chi connectivity index (χ0) is 15.3. The Morgan fingerprint density at radius 1 is 1.18 bits per heavy atom. The van der Waals surface area contributed by atoms with E-state index in [0.717, 1.165) is 30.5 Å². The molecule has 4 nitrogen and oxygen atoms in total. The van der Waals surface area contributed by atoms with Crippen LogP contribution in [0.3, 0.4) is 0 Å². The number of anilines is 1. The van der Waals surface area contributed by atoms with E-state index in [1.807, 2.05) is 0 Å². The number of thiophene rings is 1. The number of fused-ring (bicyclic) bond motifs is 3. The van der Waals surface area contributed by atoms with Gasteiger partial charge in [-0.2, -0.15) is 0 Å². The van der Waals surface area contributed by atoms with Crippen LogP contribution < -0.4 is 4.90 Å². The van der Waals surface area contributed by atoms with E-state index in [1.165, 1.54) is 29.5 Å². The van der Waals surface area contributed by atoms with Crippen molar-refractivity contribution in [3.05, 3.63) is 17.3 Å². The van der Waals surface area contributed by atoms with Gasteiger partial charge in [0, 0.05) is 31.2 Å². The Morgan fingerprint density at radius 3 is 2.82 bits per heavy atom. The molecule has 5 heteroatoms. The second kappa shape index (κ2) is 5.46. The summed E-state index contributed by atoms with van der Waals surface area (Å²) in [5.74, 6) is 1.15. The molecule has 0 amide bonds. The summed E-state index contributed by atoms with van der Waals surface area (Å²) in [7, 11) is 0. The molecule has 2 bridgehead atoms. The van der Waals surface area contributed by atoms with Crippen LogP contribution in [0.25, 0.3) is 10.2 Å². The van der Waals surface area contributed by atoms with Crippen molar-refractivity contribution < 1.29 is 0 Å². The second-order valence-corrected chi connectivity index (χ2v) is 7.83. The van der Waals surface area contributed by atoms with Crippen LogP contribution in [0, 0.1) is 6.92 Å². The van der Waals surface area contributed by atoms with Crippen LogP contribution in [-0.2, 0) is 0 Å². The minimum Gasteiger partial charge on any atom is -0.354 e. The van der Waals surface area contributed by atoms with Gasteiger partial charge in [0.2, 0.25) is 0 Å².